The van der Waals surface area contributed by atoms with Gasteiger partial charge in [-0.15, -0.1) is 0 Å². The summed E-state index contributed by atoms with van der Waals surface area (Å²) in [6, 6.07) is 0. The summed E-state index contributed by atoms with van der Waals surface area (Å²) in [7, 11) is 0. The number of carbonyl (C=O) groups is 1. The first-order chi connectivity index (χ1) is 5.25. The van der Waals surface area contributed by atoms with Crippen LogP contribution in [0, 0.1) is 5.92 Å². The second-order valence-electron chi connectivity index (χ2n) is 3.28. The lowest BCUT2D eigenvalue weighted by Crippen LogP contribution is -2.13. The monoisotopic (exact) mass is 152 g/mol. The second kappa shape index (κ2) is 3.70. The molecule has 0 saturated heterocycles. The van der Waals surface area contributed by atoms with E-state index in [1.165, 1.54) is 0 Å². The summed E-state index contributed by atoms with van der Waals surface area (Å²) in [6.45, 7) is 4.27. The zero-order chi connectivity index (χ0) is 8.27. The zero-order valence-corrected chi connectivity index (χ0v) is 7.39. The van der Waals surface area contributed by atoms with Crippen LogP contribution in [0.2, 0.25) is 0 Å². The minimum atomic E-state index is 0.380. The number of ketones is 1. The summed E-state index contributed by atoms with van der Waals surface area (Å²) in [6.07, 6.45) is 6.14. The quantitative estimate of drug-likeness (QED) is 0.594. The van der Waals surface area contributed by atoms with Crippen LogP contribution in [-0.2, 0) is 4.79 Å². The molecular weight excluding hydrogens is 136 g/mol. The normalized spacial score (nSPS) is 21.3. The zero-order valence-electron chi connectivity index (χ0n) is 7.39. The van der Waals surface area contributed by atoms with Crippen LogP contribution in [0.4, 0.5) is 0 Å². The van der Waals surface area contributed by atoms with Gasteiger partial charge in [0.15, 0.2) is 5.78 Å². The Kier molecular flexibility index (Phi) is 2.86. The molecule has 11 heavy (non-hydrogen) atoms. The third-order valence-electron chi connectivity index (χ3n) is 2.44. The molecule has 0 radical (unpaired) electrons. The molecule has 0 spiro atoms. The number of rotatable bonds is 2. The molecule has 0 bridgehead atoms. The third-order valence-corrected chi connectivity index (χ3v) is 2.44. The maximum absolute atomic E-state index is 11.3. The molecule has 0 fully saturated rings. The molecule has 0 saturated carbocycles. The van der Waals surface area contributed by atoms with E-state index in [1.54, 1.807) is 0 Å². The van der Waals surface area contributed by atoms with Crippen LogP contribution in [0.1, 0.15) is 39.5 Å². The first-order valence-corrected chi connectivity index (χ1v) is 4.49. The molecule has 1 heteroatoms. The molecule has 0 aromatic rings. The minimum absolute atomic E-state index is 0.380. The molecule has 0 aromatic heterocycles. The van der Waals surface area contributed by atoms with E-state index in [0.717, 1.165) is 31.3 Å². The summed E-state index contributed by atoms with van der Waals surface area (Å²) in [5.74, 6) is 0.855. The largest absolute Gasteiger partial charge is 0.295 e. The van der Waals surface area contributed by atoms with Crippen molar-refractivity contribution in [1.29, 1.82) is 0 Å². The average Bonchev–Trinajstić information content (AvgIpc) is 2.04. The van der Waals surface area contributed by atoms with Gasteiger partial charge in [-0.1, -0.05) is 19.9 Å². The van der Waals surface area contributed by atoms with Crippen LogP contribution >= 0.6 is 0 Å². The van der Waals surface area contributed by atoms with Crippen LogP contribution in [0.5, 0.6) is 0 Å². The molecule has 1 atom stereocenters. The Hall–Kier alpha value is -0.590. The number of hydrogen-bond acceptors (Lipinski definition) is 1. The molecule has 0 heterocycles. The van der Waals surface area contributed by atoms with Crippen molar-refractivity contribution in [1.82, 2.24) is 0 Å². The average molecular weight is 152 g/mol. The fraction of sp³-hybridized carbons (Fsp3) is 0.700. The van der Waals surface area contributed by atoms with Crippen LogP contribution in [-0.4, -0.2) is 5.78 Å². The number of hydrogen-bond donors (Lipinski definition) is 0. The van der Waals surface area contributed by atoms with Gasteiger partial charge in [0.1, 0.15) is 0 Å². The van der Waals surface area contributed by atoms with Gasteiger partial charge >= 0.3 is 0 Å². The molecule has 1 rings (SSSR count). The highest BCUT2D eigenvalue weighted by molar-refractivity contribution is 5.96. The van der Waals surface area contributed by atoms with Crippen molar-refractivity contribution >= 4 is 5.78 Å². The fourth-order valence-corrected chi connectivity index (χ4v) is 1.47. The molecule has 1 aliphatic carbocycles. The highest BCUT2D eigenvalue weighted by Crippen LogP contribution is 2.22. The Morgan fingerprint density at radius 2 is 2.36 bits per heavy atom. The van der Waals surface area contributed by atoms with E-state index in [9.17, 15) is 4.79 Å². The predicted molar refractivity (Wildman–Crippen MR) is 46.4 cm³/mol. The van der Waals surface area contributed by atoms with Crippen LogP contribution in [0.3, 0.4) is 0 Å². The third kappa shape index (κ3) is 1.92. The fourth-order valence-electron chi connectivity index (χ4n) is 1.47. The molecule has 62 valence electrons. The van der Waals surface area contributed by atoms with Gasteiger partial charge in [0.2, 0.25) is 0 Å². The Balaban J connectivity index is 2.67. The number of Topliss-reactive ketones (excluding diaryl/α,β-unsaturated/α-hetero) is 1. The van der Waals surface area contributed by atoms with E-state index in [-0.39, 0.29) is 0 Å². The molecule has 0 amide bonds. The van der Waals surface area contributed by atoms with Crippen LogP contribution in [0.15, 0.2) is 11.6 Å². The second-order valence-corrected chi connectivity index (χ2v) is 3.28. The van der Waals surface area contributed by atoms with Crippen molar-refractivity contribution in [3.05, 3.63) is 11.6 Å². The van der Waals surface area contributed by atoms with Crippen molar-refractivity contribution in [2.75, 3.05) is 0 Å². The van der Waals surface area contributed by atoms with Gasteiger partial charge in [-0.2, -0.15) is 0 Å². The van der Waals surface area contributed by atoms with Gasteiger partial charge in [0, 0.05) is 6.42 Å². The maximum atomic E-state index is 11.3. The standard InChI is InChI=1S/C10H16O/c1-3-8(2)9-6-4-5-7-10(9)11/h6,8H,3-5,7H2,1-2H3. The molecule has 0 aromatic carbocycles. The molecule has 1 aliphatic rings. The van der Waals surface area contributed by atoms with Crippen molar-refractivity contribution in [2.24, 2.45) is 5.92 Å². The van der Waals surface area contributed by atoms with Gasteiger partial charge in [-0.05, 0) is 30.8 Å². The summed E-state index contributed by atoms with van der Waals surface area (Å²) in [4.78, 5) is 11.3. The first kappa shape index (κ1) is 8.51. The SMILES string of the molecule is CCC(C)C1=CCCCC1=O. The smallest absolute Gasteiger partial charge is 0.158 e. The summed E-state index contributed by atoms with van der Waals surface area (Å²) in [5, 5.41) is 0. The van der Waals surface area contributed by atoms with Gasteiger partial charge in [0.25, 0.3) is 0 Å². The van der Waals surface area contributed by atoms with Crippen molar-refractivity contribution < 1.29 is 4.79 Å². The van der Waals surface area contributed by atoms with Crippen molar-refractivity contribution in [3.63, 3.8) is 0 Å². The summed E-state index contributed by atoms with van der Waals surface area (Å²) >= 11 is 0. The van der Waals surface area contributed by atoms with Gasteiger partial charge in [0.05, 0.1) is 0 Å². The van der Waals surface area contributed by atoms with E-state index in [2.05, 4.69) is 19.9 Å². The first-order valence-electron chi connectivity index (χ1n) is 4.49. The molecule has 0 aliphatic heterocycles. The van der Waals surface area contributed by atoms with Gasteiger partial charge in [-0.3, -0.25) is 4.79 Å². The molecule has 1 nitrogen and oxygen atoms in total. The molecule has 1 unspecified atom stereocenters. The maximum Gasteiger partial charge on any atom is 0.158 e. The Morgan fingerprint density at radius 3 is 2.91 bits per heavy atom. The number of allylic oxidation sites excluding steroid dienone is 2. The molecular formula is C10H16O. The lowest BCUT2D eigenvalue weighted by Gasteiger charge is -2.16. The number of carbonyl (C=O) groups excluding carboxylic acids is 1. The highest BCUT2D eigenvalue weighted by atomic mass is 16.1. The van der Waals surface area contributed by atoms with Gasteiger partial charge in [-0.25, -0.2) is 0 Å². The summed E-state index contributed by atoms with van der Waals surface area (Å²) in [5.41, 5.74) is 1.08. The van der Waals surface area contributed by atoms with E-state index in [0.29, 0.717) is 11.7 Å². The van der Waals surface area contributed by atoms with Crippen LogP contribution < -0.4 is 0 Å². The van der Waals surface area contributed by atoms with E-state index in [1.807, 2.05) is 0 Å². The minimum Gasteiger partial charge on any atom is -0.295 e. The molecule has 0 N–H and O–H groups in total. The van der Waals surface area contributed by atoms with Crippen LogP contribution in [0.25, 0.3) is 0 Å². The lowest BCUT2D eigenvalue weighted by molar-refractivity contribution is -0.116. The van der Waals surface area contributed by atoms with Gasteiger partial charge < -0.3 is 0 Å². The highest BCUT2D eigenvalue weighted by Gasteiger charge is 2.17. The van der Waals surface area contributed by atoms with E-state index < -0.39 is 0 Å². The Labute approximate surface area is 68.5 Å². The Morgan fingerprint density at radius 1 is 1.64 bits per heavy atom. The predicted octanol–water partition coefficient (Wildman–Crippen LogP) is 2.71. The Bertz CT molecular complexity index is 179. The van der Waals surface area contributed by atoms with Crippen molar-refractivity contribution in [2.45, 2.75) is 39.5 Å². The van der Waals surface area contributed by atoms with Crippen molar-refractivity contribution in [3.8, 4) is 0 Å². The topological polar surface area (TPSA) is 17.1 Å². The van der Waals surface area contributed by atoms with E-state index in [4.69, 9.17) is 0 Å². The summed E-state index contributed by atoms with van der Waals surface area (Å²) < 4.78 is 0. The lowest BCUT2D eigenvalue weighted by atomic mass is 9.88. The van der Waals surface area contributed by atoms with E-state index >= 15 is 0 Å².